The molecule has 4 bridgehead atoms. The number of carbonyl (C=O) groups is 5. The van der Waals surface area contributed by atoms with Gasteiger partial charge in [0.05, 0.1) is 12.1 Å². The number of carbonyl (C=O) groups excluding carboxylic acids is 5. The van der Waals surface area contributed by atoms with Crippen LogP contribution in [0.25, 0.3) is 11.1 Å². The first-order chi connectivity index (χ1) is 29.3. The van der Waals surface area contributed by atoms with Crippen LogP contribution in [0.2, 0.25) is 0 Å². The summed E-state index contributed by atoms with van der Waals surface area (Å²) in [4.78, 5) is 72.3. The molecular formula is C48H64N6O7. The SMILES string of the molecule is CCCCc1cc(C)c(C(=O)C[C@@H](CCCN)C(=O)N(C)[C@@H]2C(=O)C[C@@H](C)C(=O)N[C@H](C(=O)CCC#N)Cc3ccc(OCCN)c(c3)-c3cc2ccc3OCCN)c(C)c1. The van der Waals surface area contributed by atoms with Crippen molar-refractivity contribution >= 4 is 29.2 Å². The summed E-state index contributed by atoms with van der Waals surface area (Å²) >= 11 is 0. The third-order valence-electron chi connectivity index (χ3n) is 11.3. The minimum Gasteiger partial charge on any atom is -0.492 e. The number of rotatable bonds is 20. The third-order valence-corrected chi connectivity index (χ3v) is 11.3. The van der Waals surface area contributed by atoms with Crippen LogP contribution >= 0.6 is 0 Å². The van der Waals surface area contributed by atoms with E-state index in [9.17, 15) is 29.2 Å². The Kier molecular flexibility index (Phi) is 18.6. The summed E-state index contributed by atoms with van der Waals surface area (Å²) in [7, 11) is 1.55. The van der Waals surface area contributed by atoms with Crippen LogP contribution in [0, 0.1) is 37.0 Å². The number of fused-ring (bicyclic) bond motifs is 5. The number of ether oxygens (including phenoxy) is 2. The van der Waals surface area contributed by atoms with Gasteiger partial charge < -0.3 is 36.9 Å². The highest BCUT2D eigenvalue weighted by molar-refractivity contribution is 6.02. The lowest BCUT2D eigenvalue weighted by Gasteiger charge is -2.32. The van der Waals surface area contributed by atoms with Crippen LogP contribution in [0.5, 0.6) is 11.5 Å². The van der Waals surface area contributed by atoms with Gasteiger partial charge in [-0.1, -0.05) is 44.5 Å². The number of likely N-dealkylation sites (N-methyl/N-ethyl adjacent to an activating group) is 1. The van der Waals surface area contributed by atoms with E-state index in [2.05, 4.69) is 24.4 Å². The molecule has 4 atom stereocenters. The Bertz CT molecular complexity index is 2050. The number of hydrogen-bond acceptors (Lipinski definition) is 11. The number of nitrogens with zero attached hydrogens (tertiary/aromatic N) is 2. The van der Waals surface area contributed by atoms with Crippen molar-refractivity contribution in [3.05, 3.63) is 81.9 Å². The van der Waals surface area contributed by atoms with E-state index in [-0.39, 0.29) is 70.0 Å². The zero-order chi connectivity index (χ0) is 44.6. The van der Waals surface area contributed by atoms with Gasteiger partial charge in [0.15, 0.2) is 17.3 Å². The van der Waals surface area contributed by atoms with Gasteiger partial charge in [-0.15, -0.1) is 0 Å². The Labute approximate surface area is 360 Å². The normalized spacial score (nSPS) is 17.1. The number of nitrogens with two attached hydrogens (primary N) is 3. The fourth-order valence-corrected chi connectivity index (χ4v) is 8.15. The van der Waals surface area contributed by atoms with Crippen LogP contribution in [0.1, 0.15) is 109 Å². The van der Waals surface area contributed by atoms with Gasteiger partial charge in [-0.3, -0.25) is 24.0 Å². The second-order valence-electron chi connectivity index (χ2n) is 16.1. The summed E-state index contributed by atoms with van der Waals surface area (Å²) in [6, 6.07) is 14.6. The zero-order valence-corrected chi connectivity index (χ0v) is 36.5. The average molecular weight is 837 g/mol. The Hall–Kier alpha value is -5.42. The number of amides is 2. The summed E-state index contributed by atoms with van der Waals surface area (Å²) in [6.07, 6.45) is 3.52. The van der Waals surface area contributed by atoms with Gasteiger partial charge in [-0.05, 0) is 105 Å². The van der Waals surface area contributed by atoms with Gasteiger partial charge in [0, 0.05) is 74.3 Å². The van der Waals surface area contributed by atoms with Crippen molar-refractivity contribution in [2.75, 3.05) is 39.9 Å². The summed E-state index contributed by atoms with van der Waals surface area (Å²) in [5, 5.41) is 12.1. The maximum atomic E-state index is 14.8. The number of nitrogens with one attached hydrogen (secondary N) is 1. The molecule has 0 spiro atoms. The fourth-order valence-electron chi connectivity index (χ4n) is 8.15. The molecule has 4 rings (SSSR count). The van der Waals surface area contributed by atoms with Crippen LogP contribution in [-0.4, -0.2) is 80.0 Å². The van der Waals surface area contributed by atoms with Crippen LogP contribution in [-0.2, 0) is 32.0 Å². The van der Waals surface area contributed by atoms with Crippen molar-refractivity contribution in [2.45, 2.75) is 104 Å². The van der Waals surface area contributed by atoms with Gasteiger partial charge in [-0.2, -0.15) is 5.26 Å². The molecule has 0 fully saturated rings. The van der Waals surface area contributed by atoms with Crippen molar-refractivity contribution in [3.63, 3.8) is 0 Å². The van der Waals surface area contributed by atoms with Gasteiger partial charge in [0.2, 0.25) is 11.8 Å². The van der Waals surface area contributed by atoms with Crippen LogP contribution in [0.15, 0.2) is 48.5 Å². The molecular weight excluding hydrogens is 773 g/mol. The molecule has 0 saturated carbocycles. The Balaban J connectivity index is 1.87. The molecule has 1 aliphatic heterocycles. The second kappa shape index (κ2) is 23.5. The lowest BCUT2D eigenvalue weighted by Crippen LogP contribution is -2.45. The van der Waals surface area contributed by atoms with Gasteiger partial charge >= 0.3 is 0 Å². The van der Waals surface area contributed by atoms with E-state index in [0.717, 1.165) is 30.4 Å². The maximum Gasteiger partial charge on any atom is 0.226 e. The molecule has 3 aromatic carbocycles. The second-order valence-corrected chi connectivity index (χ2v) is 16.1. The van der Waals surface area contributed by atoms with Crippen molar-refractivity contribution < 1.29 is 33.4 Å². The molecule has 328 valence electrons. The lowest BCUT2D eigenvalue weighted by atomic mass is 9.86. The summed E-state index contributed by atoms with van der Waals surface area (Å²) in [5.41, 5.74) is 23.4. The zero-order valence-electron chi connectivity index (χ0n) is 36.5. The van der Waals surface area contributed by atoms with E-state index in [1.54, 1.807) is 44.3 Å². The predicted octanol–water partition coefficient (Wildman–Crippen LogP) is 5.62. The minimum absolute atomic E-state index is 0.0184. The van der Waals surface area contributed by atoms with Crippen LogP contribution in [0.3, 0.4) is 0 Å². The van der Waals surface area contributed by atoms with E-state index in [1.807, 2.05) is 26.0 Å². The maximum absolute atomic E-state index is 14.8. The smallest absolute Gasteiger partial charge is 0.226 e. The average Bonchev–Trinajstić information content (AvgIpc) is 3.24. The van der Waals surface area contributed by atoms with Crippen LogP contribution in [0.4, 0.5) is 0 Å². The first kappa shape index (κ1) is 48.2. The quantitative estimate of drug-likeness (QED) is 0.102. The number of benzene rings is 3. The van der Waals surface area contributed by atoms with Gasteiger partial charge in [0.25, 0.3) is 0 Å². The van der Waals surface area contributed by atoms with Crippen molar-refractivity contribution in [3.8, 4) is 28.7 Å². The fraction of sp³-hybridized carbons (Fsp3) is 0.500. The minimum atomic E-state index is -1.19. The Morgan fingerprint density at radius 3 is 2.15 bits per heavy atom. The summed E-state index contributed by atoms with van der Waals surface area (Å²) in [5.74, 6) is -2.60. The number of unbranched alkanes of at least 4 members (excludes halogenated alkanes) is 1. The molecule has 7 N–H and O–H groups in total. The summed E-state index contributed by atoms with van der Waals surface area (Å²) < 4.78 is 12.3. The first-order valence-electron chi connectivity index (χ1n) is 21.5. The van der Waals surface area contributed by atoms with Crippen LogP contribution < -0.4 is 32.0 Å². The molecule has 0 unspecified atom stereocenters. The molecule has 13 heteroatoms. The van der Waals surface area contributed by atoms with Crippen molar-refractivity contribution in [2.24, 2.45) is 29.0 Å². The number of Topliss-reactive ketones (excluding diaryl/α,β-unsaturated/α-hetero) is 3. The molecule has 0 aromatic heterocycles. The molecule has 0 saturated heterocycles. The molecule has 1 heterocycles. The Morgan fingerprint density at radius 2 is 1.54 bits per heavy atom. The molecule has 0 radical (unpaired) electrons. The monoisotopic (exact) mass is 836 g/mol. The molecule has 2 amide bonds. The lowest BCUT2D eigenvalue weighted by molar-refractivity contribution is -0.142. The summed E-state index contributed by atoms with van der Waals surface area (Å²) in [6.45, 7) is 8.74. The predicted molar refractivity (Wildman–Crippen MR) is 236 cm³/mol. The number of nitriles is 1. The molecule has 1 aliphatic rings. The first-order valence-corrected chi connectivity index (χ1v) is 21.5. The molecule has 61 heavy (non-hydrogen) atoms. The van der Waals surface area contributed by atoms with E-state index in [4.69, 9.17) is 26.7 Å². The van der Waals surface area contributed by atoms with Gasteiger partial charge in [-0.25, -0.2) is 0 Å². The highest BCUT2D eigenvalue weighted by Gasteiger charge is 2.36. The van der Waals surface area contributed by atoms with E-state index >= 15 is 0 Å². The molecule has 13 nitrogen and oxygen atoms in total. The highest BCUT2D eigenvalue weighted by atomic mass is 16.5. The van der Waals surface area contributed by atoms with E-state index in [0.29, 0.717) is 58.7 Å². The molecule has 3 aromatic rings. The number of aryl methyl sites for hydroxylation is 3. The van der Waals surface area contributed by atoms with Crippen molar-refractivity contribution in [1.82, 2.24) is 10.2 Å². The highest BCUT2D eigenvalue weighted by Crippen LogP contribution is 2.41. The molecule has 0 aliphatic carbocycles. The van der Waals surface area contributed by atoms with Gasteiger partial charge in [0.1, 0.15) is 30.8 Å². The number of hydrogen-bond donors (Lipinski definition) is 4. The Morgan fingerprint density at radius 1 is 0.902 bits per heavy atom. The largest absolute Gasteiger partial charge is 0.492 e. The van der Waals surface area contributed by atoms with E-state index < -0.39 is 41.5 Å². The standard InChI is InChI=1S/C48H64N6O7/c1-6-7-10-33-23-30(2)45(31(3)24-33)41(56)29-36(11-8-17-49)48(59)54(5)46-35-14-16-44(61-22-20-52)38(28-35)37-26-34(13-15-43(37)60-21-19-51)27-39(40(55)12-9-18-50)53-47(58)32(4)25-42(46)57/h13-16,23-24,26,28,32,36,39,46H,6-12,17,19-22,25,27,29,49,51-52H2,1-5H3,(H,53,58)/t32-,36-,39+,46+/m1/s1. The topological polar surface area (TPSA) is 221 Å². The van der Waals surface area contributed by atoms with Crippen molar-refractivity contribution in [1.29, 1.82) is 5.26 Å². The third kappa shape index (κ3) is 12.8. The van der Waals surface area contributed by atoms with E-state index in [1.165, 1.54) is 10.5 Å². The number of ketones is 3.